The summed E-state index contributed by atoms with van der Waals surface area (Å²) in [5.74, 6) is 0. The molecule has 3 aliphatic carbocycles. The third kappa shape index (κ3) is 4.79. The molecule has 1 spiro atoms. The first-order chi connectivity index (χ1) is 46.1. The van der Waals surface area contributed by atoms with Gasteiger partial charge in [-0.15, -0.1) is 0 Å². The van der Waals surface area contributed by atoms with E-state index in [1.54, 1.807) is 0 Å². The van der Waals surface area contributed by atoms with Gasteiger partial charge in [0.25, 0.3) is 0 Å². The van der Waals surface area contributed by atoms with Crippen LogP contribution in [0, 0.1) is 0 Å². The fourth-order valence-electron chi connectivity index (χ4n) is 7.77. The van der Waals surface area contributed by atoms with E-state index in [4.69, 9.17) is 31.5 Å². The second-order valence-electron chi connectivity index (χ2n) is 13.3. The summed E-state index contributed by atoms with van der Waals surface area (Å²) in [5.41, 5.74) is -27.7. The van der Waals surface area contributed by atoms with Crippen molar-refractivity contribution in [1.29, 1.82) is 0 Å². The van der Waals surface area contributed by atoms with Crippen LogP contribution in [0.5, 0.6) is 0 Å². The second kappa shape index (κ2) is 12.6. The zero-order valence-electron chi connectivity index (χ0n) is 70.4. The van der Waals surface area contributed by atoms with Crippen LogP contribution < -0.4 is 4.90 Å². The molecule has 0 radical (unpaired) electrons. The molecule has 9 aromatic carbocycles. The SMILES string of the molecule is [2H]c1c([2H])c([2H])c(-c2c([2H])c([2H])c(-c3c([2H])c([2H])c(N(c4c([2H])c([2H])c5c(c4[2H])C4(c6c([2H])c([2H])c([2H])c([2H])c6-c6c([2H])c([2H])c([2H])c([2H])c64)c4c([2H])c([2H])c([2H])c([2H])c4-5)c4c([2H])c([2H])c5c(c4[2H])C(C([2H])([2H])[2H])(C([2H])([2H])[2H])c4c([2H])c([2H])c([2H])c([2H])c4-5)c([2H])c3[2H])c([2H])c2[2H])c([2H])c1[2H]. The third-order valence-corrected chi connectivity index (χ3v) is 10.3. The summed E-state index contributed by atoms with van der Waals surface area (Å²) < 4.78 is 381. The van der Waals surface area contributed by atoms with E-state index >= 15 is 0 Å². The van der Waals surface area contributed by atoms with E-state index in [0.717, 1.165) is 0 Å². The maximum Gasteiger partial charge on any atom is 0.0726 e. The predicted octanol–water partition coefficient (Wildman–Crippen LogP) is 15.1. The smallest absolute Gasteiger partial charge is 0.0726 e. The number of benzene rings is 9. The average Bonchev–Trinajstić information content (AvgIpc) is 1.48. The molecule has 1 nitrogen and oxygen atoms in total. The van der Waals surface area contributed by atoms with Crippen LogP contribution in [0.2, 0.25) is 0 Å². The first-order valence-electron chi connectivity index (χ1n) is 37.9. The Balaban J connectivity index is 1.34. The standard InChI is InChI=1S/C58H41N/c1-57(2)51-20-10-6-16-45(51)49-34-32-43(36-55(49)57)59(42-30-28-41(29-31-42)40-26-24-39(25-27-40)38-14-4-3-5-15-38)44-33-35-50-48-19-9-13-23-54(48)58(56(50)37-44)52-21-11-7-17-46(52)47-18-8-12-22-53(47)58/h3-37H,1-2H3/i1D3,2D3,3D,4D,5D,6D,7D,8D,9D,10D,11D,12D,13D,14D,15D,16D,17D,18D,19D,20D,21D,22D,23D,24D,25D,26D,27D,28D,29D,30D,31D,32D,33D,34D,35D,36D,37D. The highest BCUT2D eigenvalue weighted by atomic mass is 15.1. The fourth-order valence-corrected chi connectivity index (χ4v) is 7.77. The van der Waals surface area contributed by atoms with E-state index in [0.29, 0.717) is 0 Å². The van der Waals surface area contributed by atoms with Gasteiger partial charge >= 0.3 is 0 Å². The molecule has 278 valence electrons. The van der Waals surface area contributed by atoms with Gasteiger partial charge in [-0.2, -0.15) is 0 Å². The van der Waals surface area contributed by atoms with Gasteiger partial charge in [0, 0.05) is 30.7 Å². The van der Waals surface area contributed by atoms with E-state index in [9.17, 15) is 24.7 Å². The summed E-state index contributed by atoms with van der Waals surface area (Å²) in [4.78, 5) is 0.0814. The molecule has 0 fully saturated rings. The van der Waals surface area contributed by atoms with Crippen molar-refractivity contribution in [1.82, 2.24) is 0 Å². The Kier molecular flexibility index (Phi) is 2.66. The summed E-state index contributed by atoms with van der Waals surface area (Å²) in [5, 5.41) is 0. The van der Waals surface area contributed by atoms with Crippen molar-refractivity contribution >= 4 is 17.1 Å². The number of nitrogens with zero attached hydrogens (tertiary/aromatic N) is 1. The molecule has 0 bridgehead atoms. The Morgan fingerprint density at radius 2 is 0.678 bits per heavy atom. The van der Waals surface area contributed by atoms with Gasteiger partial charge in [-0.05, 0) is 125 Å². The zero-order valence-corrected chi connectivity index (χ0v) is 29.4. The molecule has 0 atom stereocenters. The van der Waals surface area contributed by atoms with Crippen LogP contribution in [0.3, 0.4) is 0 Å². The van der Waals surface area contributed by atoms with Crippen LogP contribution >= 0.6 is 0 Å². The first kappa shape index (κ1) is 12.4. The molecule has 3 aliphatic rings. The Morgan fingerprint density at radius 1 is 0.322 bits per heavy atom. The van der Waals surface area contributed by atoms with Crippen molar-refractivity contribution in [3.8, 4) is 55.6 Å². The number of rotatable bonds is 5. The van der Waals surface area contributed by atoms with Gasteiger partial charge in [0.2, 0.25) is 0 Å². The summed E-state index contributed by atoms with van der Waals surface area (Å²) in [6.07, 6.45) is 0. The minimum absolute atomic E-state index is 0.0814. The molecule has 0 saturated heterocycles. The van der Waals surface area contributed by atoms with Crippen LogP contribution in [0.4, 0.5) is 17.1 Å². The molecule has 12 rings (SSSR count). The molecule has 0 heterocycles. The highest BCUT2D eigenvalue weighted by Gasteiger charge is 2.51. The lowest BCUT2D eigenvalue weighted by atomic mass is 9.70. The number of fused-ring (bicyclic) bond motifs is 13. The van der Waals surface area contributed by atoms with Gasteiger partial charge in [0.05, 0.1) is 53.4 Å². The Morgan fingerprint density at radius 3 is 1.19 bits per heavy atom. The Labute approximate surface area is 404 Å². The largest absolute Gasteiger partial charge is 0.310 e. The third-order valence-electron chi connectivity index (χ3n) is 10.3. The number of hydrogen-bond donors (Lipinski definition) is 0. The van der Waals surface area contributed by atoms with Gasteiger partial charge in [0.15, 0.2) is 0 Å². The van der Waals surface area contributed by atoms with Crippen molar-refractivity contribution in [3.63, 3.8) is 0 Å². The molecule has 0 N–H and O–H groups in total. The highest BCUT2D eigenvalue weighted by Crippen LogP contribution is 2.63. The minimum Gasteiger partial charge on any atom is -0.310 e. The van der Waals surface area contributed by atoms with E-state index in [1.165, 1.54) is 0 Å². The maximum atomic E-state index is 10.8. The van der Waals surface area contributed by atoms with Crippen LogP contribution in [0.25, 0.3) is 55.6 Å². The number of hydrogen-bond acceptors (Lipinski definition) is 1. The van der Waals surface area contributed by atoms with Crippen molar-refractivity contribution in [2.45, 2.75) is 24.5 Å². The summed E-state index contributed by atoms with van der Waals surface area (Å²) in [7, 11) is 0. The van der Waals surface area contributed by atoms with E-state index < -0.39 is 342 Å². The fraction of sp³-hybridized carbons (Fsp3) is 0.0690. The Bertz CT molecular complexity index is 5210. The second-order valence-corrected chi connectivity index (χ2v) is 13.3. The molecule has 0 unspecified atom stereocenters. The topological polar surface area (TPSA) is 3.24 Å². The van der Waals surface area contributed by atoms with E-state index in [2.05, 4.69) is 0 Å². The van der Waals surface area contributed by atoms with Crippen LogP contribution in [-0.2, 0) is 10.8 Å². The summed E-state index contributed by atoms with van der Waals surface area (Å²) in [6, 6.07) is -43.1. The quantitative estimate of drug-likeness (QED) is 0.168. The van der Waals surface area contributed by atoms with Gasteiger partial charge in [-0.3, -0.25) is 0 Å². The van der Waals surface area contributed by atoms with Crippen molar-refractivity contribution in [2.24, 2.45) is 0 Å². The van der Waals surface area contributed by atoms with Crippen molar-refractivity contribution < 1.29 is 56.2 Å². The Hall–Kier alpha value is -7.22. The lowest BCUT2D eigenvalue weighted by molar-refractivity contribution is 0.660. The first-order valence-corrected chi connectivity index (χ1v) is 17.4. The van der Waals surface area contributed by atoms with Gasteiger partial charge in [-0.1, -0.05) is 189 Å². The van der Waals surface area contributed by atoms with Gasteiger partial charge in [-0.25, -0.2) is 0 Å². The average molecular weight is 793 g/mol. The van der Waals surface area contributed by atoms with Crippen LogP contribution in [0.15, 0.2) is 211 Å². The zero-order chi connectivity index (χ0) is 74.8. The normalized spacial score (nSPS) is 24.4. The molecule has 0 saturated carbocycles. The minimum atomic E-state index is -4.16. The van der Waals surface area contributed by atoms with Gasteiger partial charge in [0.1, 0.15) is 0 Å². The predicted molar refractivity (Wildman–Crippen MR) is 246 cm³/mol. The van der Waals surface area contributed by atoms with Crippen LogP contribution in [-0.4, -0.2) is 0 Å². The van der Waals surface area contributed by atoms with Crippen molar-refractivity contribution in [2.75, 3.05) is 4.90 Å². The molecule has 1 heteroatoms. The molecular formula is C58H41N. The maximum absolute atomic E-state index is 10.8. The summed E-state index contributed by atoms with van der Waals surface area (Å²) in [6.45, 7) is -8.33. The van der Waals surface area contributed by atoms with Crippen molar-refractivity contribution in [3.05, 3.63) is 245 Å². The lowest BCUT2D eigenvalue weighted by Gasteiger charge is -2.32. The highest BCUT2D eigenvalue weighted by molar-refractivity contribution is 5.96. The van der Waals surface area contributed by atoms with Gasteiger partial charge < -0.3 is 4.90 Å². The molecular weight excluding hydrogens is 711 g/mol. The molecule has 0 amide bonds. The number of anilines is 3. The molecule has 0 aliphatic heterocycles. The van der Waals surface area contributed by atoms with E-state index in [1.807, 2.05) is 0 Å². The summed E-state index contributed by atoms with van der Waals surface area (Å²) >= 11 is 0. The molecule has 59 heavy (non-hydrogen) atoms. The molecule has 9 aromatic rings. The lowest BCUT2D eigenvalue weighted by Crippen LogP contribution is -2.26. The molecule has 0 aromatic heterocycles. The van der Waals surface area contributed by atoms with E-state index in [-0.39, 0.29) is 4.90 Å². The monoisotopic (exact) mass is 793 g/mol. The van der Waals surface area contributed by atoms with Crippen LogP contribution in [0.1, 0.15) is 103 Å².